The molecule has 0 radical (unpaired) electrons. The summed E-state index contributed by atoms with van der Waals surface area (Å²) in [6, 6.07) is 0. The SMILES string of the molecule is O=C(CN1CCC(O)CC1)NCCO. The van der Waals surface area contributed by atoms with Crippen LogP contribution < -0.4 is 5.32 Å². The molecule has 1 aliphatic heterocycles. The van der Waals surface area contributed by atoms with Crippen molar-refractivity contribution in [2.75, 3.05) is 32.8 Å². The van der Waals surface area contributed by atoms with Crippen LogP contribution in [0.15, 0.2) is 0 Å². The molecule has 1 rings (SSSR count). The first-order chi connectivity index (χ1) is 6.72. The van der Waals surface area contributed by atoms with Gasteiger partial charge in [0.05, 0.1) is 19.3 Å². The number of hydrogen-bond donors (Lipinski definition) is 3. The van der Waals surface area contributed by atoms with Crippen molar-refractivity contribution in [1.29, 1.82) is 0 Å². The summed E-state index contributed by atoms with van der Waals surface area (Å²) in [5, 5.41) is 20.3. The smallest absolute Gasteiger partial charge is 0.234 e. The van der Waals surface area contributed by atoms with Crippen LogP contribution in [0.3, 0.4) is 0 Å². The summed E-state index contributed by atoms with van der Waals surface area (Å²) >= 11 is 0. The monoisotopic (exact) mass is 202 g/mol. The third kappa shape index (κ3) is 4.04. The lowest BCUT2D eigenvalue weighted by molar-refractivity contribution is -0.122. The van der Waals surface area contributed by atoms with Gasteiger partial charge in [-0.2, -0.15) is 0 Å². The summed E-state index contributed by atoms with van der Waals surface area (Å²) in [5.74, 6) is -0.0598. The molecule has 0 aromatic rings. The molecular weight excluding hydrogens is 184 g/mol. The second kappa shape index (κ2) is 5.95. The number of nitrogens with zero attached hydrogens (tertiary/aromatic N) is 1. The number of aliphatic hydroxyl groups excluding tert-OH is 2. The molecule has 5 nitrogen and oxygen atoms in total. The van der Waals surface area contributed by atoms with E-state index in [0.29, 0.717) is 13.1 Å². The Morgan fingerprint density at radius 3 is 2.64 bits per heavy atom. The highest BCUT2D eigenvalue weighted by molar-refractivity contribution is 5.77. The Balaban J connectivity index is 2.14. The lowest BCUT2D eigenvalue weighted by Gasteiger charge is -2.28. The molecule has 0 aromatic heterocycles. The van der Waals surface area contributed by atoms with Gasteiger partial charge in [-0.15, -0.1) is 0 Å². The number of aliphatic hydroxyl groups is 2. The molecule has 1 amide bonds. The van der Waals surface area contributed by atoms with Gasteiger partial charge < -0.3 is 15.5 Å². The molecule has 0 saturated carbocycles. The Bertz CT molecular complexity index is 179. The Hall–Kier alpha value is -0.650. The first kappa shape index (κ1) is 11.4. The zero-order chi connectivity index (χ0) is 10.4. The van der Waals surface area contributed by atoms with Crippen molar-refractivity contribution < 1.29 is 15.0 Å². The number of carbonyl (C=O) groups is 1. The number of amides is 1. The fraction of sp³-hybridized carbons (Fsp3) is 0.889. The predicted molar refractivity (Wildman–Crippen MR) is 51.8 cm³/mol. The van der Waals surface area contributed by atoms with Crippen LogP contribution in [0.2, 0.25) is 0 Å². The number of carbonyl (C=O) groups excluding carboxylic acids is 1. The molecule has 3 N–H and O–H groups in total. The standard InChI is InChI=1S/C9H18N2O3/c12-6-3-10-9(14)7-11-4-1-8(13)2-5-11/h8,12-13H,1-7H2,(H,10,14). The van der Waals surface area contributed by atoms with Gasteiger partial charge in [-0.3, -0.25) is 9.69 Å². The van der Waals surface area contributed by atoms with E-state index in [4.69, 9.17) is 5.11 Å². The van der Waals surface area contributed by atoms with Gasteiger partial charge in [-0.05, 0) is 12.8 Å². The maximum atomic E-state index is 11.2. The summed E-state index contributed by atoms with van der Waals surface area (Å²) in [4.78, 5) is 13.2. The number of nitrogens with one attached hydrogen (secondary N) is 1. The molecule has 1 saturated heterocycles. The molecule has 0 bridgehead atoms. The first-order valence-corrected chi connectivity index (χ1v) is 5.00. The number of rotatable bonds is 4. The predicted octanol–water partition coefficient (Wildman–Crippen LogP) is -1.45. The second-order valence-corrected chi connectivity index (χ2v) is 3.58. The second-order valence-electron chi connectivity index (χ2n) is 3.58. The minimum Gasteiger partial charge on any atom is -0.395 e. The van der Waals surface area contributed by atoms with Crippen LogP contribution in [0.25, 0.3) is 0 Å². The van der Waals surface area contributed by atoms with Crippen molar-refractivity contribution in [2.45, 2.75) is 18.9 Å². The van der Waals surface area contributed by atoms with Crippen molar-refractivity contribution in [2.24, 2.45) is 0 Å². The highest BCUT2D eigenvalue weighted by Crippen LogP contribution is 2.08. The molecule has 5 heteroatoms. The van der Waals surface area contributed by atoms with E-state index in [-0.39, 0.29) is 18.6 Å². The van der Waals surface area contributed by atoms with Crippen LogP contribution in [0.5, 0.6) is 0 Å². The van der Waals surface area contributed by atoms with E-state index in [1.54, 1.807) is 0 Å². The highest BCUT2D eigenvalue weighted by atomic mass is 16.3. The maximum Gasteiger partial charge on any atom is 0.234 e. The van der Waals surface area contributed by atoms with Gasteiger partial charge in [0.1, 0.15) is 0 Å². The Morgan fingerprint density at radius 2 is 2.07 bits per heavy atom. The highest BCUT2D eigenvalue weighted by Gasteiger charge is 2.18. The van der Waals surface area contributed by atoms with E-state index < -0.39 is 0 Å². The van der Waals surface area contributed by atoms with Gasteiger partial charge in [0.15, 0.2) is 0 Å². The number of hydrogen-bond acceptors (Lipinski definition) is 4. The van der Waals surface area contributed by atoms with Crippen LogP contribution in [-0.2, 0) is 4.79 Å². The van der Waals surface area contributed by atoms with E-state index in [1.807, 2.05) is 4.90 Å². The molecule has 0 aromatic carbocycles. The summed E-state index contributed by atoms with van der Waals surface area (Å²) in [6.45, 7) is 2.20. The zero-order valence-corrected chi connectivity index (χ0v) is 8.28. The van der Waals surface area contributed by atoms with Crippen molar-refractivity contribution in [3.63, 3.8) is 0 Å². The minimum atomic E-state index is -0.202. The summed E-state index contributed by atoms with van der Waals surface area (Å²) < 4.78 is 0. The lowest BCUT2D eigenvalue weighted by atomic mass is 10.1. The average Bonchev–Trinajstić information content (AvgIpc) is 2.18. The van der Waals surface area contributed by atoms with Gasteiger partial charge in [0.25, 0.3) is 0 Å². The van der Waals surface area contributed by atoms with Crippen LogP contribution in [0, 0.1) is 0 Å². The lowest BCUT2D eigenvalue weighted by Crippen LogP contribution is -2.43. The fourth-order valence-electron chi connectivity index (χ4n) is 1.53. The Morgan fingerprint density at radius 1 is 1.43 bits per heavy atom. The van der Waals surface area contributed by atoms with E-state index in [1.165, 1.54) is 0 Å². The maximum absolute atomic E-state index is 11.2. The Labute approximate surface area is 83.7 Å². The van der Waals surface area contributed by atoms with Gasteiger partial charge in [0, 0.05) is 19.6 Å². The van der Waals surface area contributed by atoms with E-state index >= 15 is 0 Å². The Kier molecular flexibility index (Phi) is 4.86. The molecular formula is C9H18N2O3. The van der Waals surface area contributed by atoms with Gasteiger partial charge in [-0.1, -0.05) is 0 Å². The third-order valence-electron chi connectivity index (χ3n) is 2.36. The molecule has 0 spiro atoms. The van der Waals surface area contributed by atoms with Crippen LogP contribution in [-0.4, -0.2) is 59.9 Å². The third-order valence-corrected chi connectivity index (χ3v) is 2.36. The van der Waals surface area contributed by atoms with E-state index in [2.05, 4.69) is 5.32 Å². The first-order valence-electron chi connectivity index (χ1n) is 5.00. The summed E-state index contributed by atoms with van der Waals surface area (Å²) in [7, 11) is 0. The van der Waals surface area contributed by atoms with Crippen molar-refractivity contribution >= 4 is 5.91 Å². The quantitative estimate of drug-likeness (QED) is 0.521. The normalized spacial score (nSPS) is 19.6. The molecule has 14 heavy (non-hydrogen) atoms. The molecule has 1 aliphatic rings. The minimum absolute atomic E-state index is 0.0234. The zero-order valence-electron chi connectivity index (χ0n) is 8.28. The fourth-order valence-corrected chi connectivity index (χ4v) is 1.53. The molecule has 82 valence electrons. The molecule has 0 atom stereocenters. The van der Waals surface area contributed by atoms with E-state index in [9.17, 15) is 9.90 Å². The number of likely N-dealkylation sites (tertiary alicyclic amines) is 1. The molecule has 1 heterocycles. The van der Waals surface area contributed by atoms with E-state index in [0.717, 1.165) is 25.9 Å². The van der Waals surface area contributed by atoms with Crippen LogP contribution in [0.1, 0.15) is 12.8 Å². The molecule has 0 aliphatic carbocycles. The van der Waals surface area contributed by atoms with Gasteiger partial charge >= 0.3 is 0 Å². The van der Waals surface area contributed by atoms with Crippen molar-refractivity contribution in [3.05, 3.63) is 0 Å². The van der Waals surface area contributed by atoms with Crippen LogP contribution in [0.4, 0.5) is 0 Å². The van der Waals surface area contributed by atoms with Gasteiger partial charge in [-0.25, -0.2) is 0 Å². The van der Waals surface area contributed by atoms with Crippen molar-refractivity contribution in [1.82, 2.24) is 10.2 Å². The van der Waals surface area contributed by atoms with Gasteiger partial charge in [0.2, 0.25) is 5.91 Å². The van der Waals surface area contributed by atoms with Crippen LogP contribution >= 0.6 is 0 Å². The summed E-state index contributed by atoms with van der Waals surface area (Å²) in [6.07, 6.45) is 1.28. The largest absolute Gasteiger partial charge is 0.395 e. The summed E-state index contributed by atoms with van der Waals surface area (Å²) in [5.41, 5.74) is 0. The molecule has 1 fully saturated rings. The van der Waals surface area contributed by atoms with Crippen molar-refractivity contribution in [3.8, 4) is 0 Å². The number of piperidine rings is 1. The average molecular weight is 202 g/mol. The topological polar surface area (TPSA) is 72.8 Å². The molecule has 0 unspecified atom stereocenters.